The van der Waals surface area contributed by atoms with Crippen LogP contribution in [0, 0.1) is 31.5 Å². The number of rotatable bonds is 4. The zero-order chi connectivity index (χ0) is 24.6. The van der Waals surface area contributed by atoms with Crippen molar-refractivity contribution in [3.8, 4) is 11.4 Å². The van der Waals surface area contributed by atoms with Crippen molar-refractivity contribution in [1.29, 1.82) is 0 Å². The number of alkyl halides is 2. The molecule has 0 radical (unpaired) electrons. The molecular formula is C25H26F3N3O3. The highest BCUT2D eigenvalue weighted by Crippen LogP contribution is 2.40. The third-order valence-corrected chi connectivity index (χ3v) is 7.04. The van der Waals surface area contributed by atoms with Gasteiger partial charge in [-0.2, -0.15) is 8.78 Å². The van der Waals surface area contributed by atoms with E-state index < -0.39 is 24.1 Å². The van der Waals surface area contributed by atoms with Crippen LogP contribution in [0.15, 0.2) is 24.5 Å². The Labute approximate surface area is 195 Å². The molecule has 0 atom stereocenters. The first-order valence-electron chi connectivity index (χ1n) is 11.4. The standard InChI is InChI=1S/C25H26F3N3O3/c1-13-7-17(24-29-11-18(26)12-30-24)8-14(2)21(13)22-19(32)9-16(10-20(22)33)15-3-5-31(6-4-15)25(34)23(27)28/h7-8,11-12,15-16,22-23H,3-6,9-10H2,1-2H3. The van der Waals surface area contributed by atoms with Crippen LogP contribution in [0.2, 0.25) is 0 Å². The summed E-state index contributed by atoms with van der Waals surface area (Å²) >= 11 is 0. The summed E-state index contributed by atoms with van der Waals surface area (Å²) in [5.74, 6) is -2.52. The van der Waals surface area contributed by atoms with Gasteiger partial charge in [-0.3, -0.25) is 14.4 Å². The van der Waals surface area contributed by atoms with E-state index in [0.29, 0.717) is 29.8 Å². The van der Waals surface area contributed by atoms with Gasteiger partial charge < -0.3 is 4.90 Å². The minimum atomic E-state index is -3.01. The number of hydrogen-bond donors (Lipinski definition) is 0. The average molecular weight is 473 g/mol. The number of nitrogens with zero attached hydrogens (tertiary/aromatic N) is 3. The van der Waals surface area contributed by atoms with Crippen molar-refractivity contribution < 1.29 is 27.6 Å². The van der Waals surface area contributed by atoms with Gasteiger partial charge in [0.05, 0.1) is 12.4 Å². The number of piperidine rings is 1. The van der Waals surface area contributed by atoms with E-state index in [2.05, 4.69) is 9.97 Å². The molecule has 0 unspecified atom stereocenters. The minimum absolute atomic E-state index is 0.0516. The molecule has 1 amide bonds. The molecule has 1 aromatic heterocycles. The largest absolute Gasteiger partial charge is 0.338 e. The maximum atomic E-state index is 13.2. The number of aromatic nitrogens is 2. The van der Waals surface area contributed by atoms with Crippen molar-refractivity contribution in [2.24, 2.45) is 11.8 Å². The van der Waals surface area contributed by atoms with Crippen molar-refractivity contribution in [2.45, 2.75) is 51.9 Å². The Kier molecular flexibility index (Phi) is 6.81. The van der Waals surface area contributed by atoms with E-state index in [-0.39, 0.29) is 49.3 Å². The highest BCUT2D eigenvalue weighted by molar-refractivity contribution is 6.10. The topological polar surface area (TPSA) is 80.2 Å². The summed E-state index contributed by atoms with van der Waals surface area (Å²) in [4.78, 5) is 47.0. The van der Waals surface area contributed by atoms with E-state index in [1.54, 1.807) is 12.1 Å². The summed E-state index contributed by atoms with van der Waals surface area (Å²) in [6.07, 6.45) is 0.698. The molecule has 1 aliphatic heterocycles. The quantitative estimate of drug-likeness (QED) is 0.627. The van der Waals surface area contributed by atoms with E-state index in [4.69, 9.17) is 0 Å². The van der Waals surface area contributed by atoms with Gasteiger partial charge in [0.1, 0.15) is 17.5 Å². The summed E-state index contributed by atoms with van der Waals surface area (Å²) in [5.41, 5.74) is 2.91. The molecule has 0 N–H and O–H groups in total. The molecule has 1 aromatic carbocycles. The van der Waals surface area contributed by atoms with E-state index in [1.807, 2.05) is 13.8 Å². The molecule has 6 nitrogen and oxygen atoms in total. The van der Waals surface area contributed by atoms with E-state index in [1.165, 1.54) is 0 Å². The van der Waals surface area contributed by atoms with Crippen molar-refractivity contribution in [2.75, 3.05) is 13.1 Å². The number of hydrogen-bond acceptors (Lipinski definition) is 5. The smallest absolute Gasteiger partial charge is 0.315 e. The zero-order valence-electron chi connectivity index (χ0n) is 19.1. The lowest BCUT2D eigenvalue weighted by Gasteiger charge is -2.38. The van der Waals surface area contributed by atoms with E-state index in [0.717, 1.165) is 28.4 Å². The highest BCUT2D eigenvalue weighted by Gasteiger charge is 2.41. The summed E-state index contributed by atoms with van der Waals surface area (Å²) in [7, 11) is 0. The van der Waals surface area contributed by atoms with Gasteiger partial charge in [-0.05, 0) is 67.3 Å². The second kappa shape index (κ2) is 9.64. The van der Waals surface area contributed by atoms with Gasteiger partial charge in [-0.15, -0.1) is 0 Å². The molecule has 2 fully saturated rings. The van der Waals surface area contributed by atoms with Gasteiger partial charge >= 0.3 is 6.43 Å². The van der Waals surface area contributed by atoms with Crippen molar-refractivity contribution in [1.82, 2.24) is 14.9 Å². The third-order valence-electron chi connectivity index (χ3n) is 7.04. The number of benzene rings is 1. The van der Waals surface area contributed by atoms with E-state index >= 15 is 0 Å². The molecule has 2 aromatic rings. The lowest BCUT2D eigenvalue weighted by atomic mass is 9.69. The Morgan fingerprint density at radius 2 is 1.50 bits per heavy atom. The second-order valence-corrected chi connectivity index (χ2v) is 9.25. The first-order chi connectivity index (χ1) is 16.2. The average Bonchev–Trinajstić information content (AvgIpc) is 2.80. The Morgan fingerprint density at radius 1 is 0.971 bits per heavy atom. The fraction of sp³-hybridized carbons (Fsp3) is 0.480. The zero-order valence-corrected chi connectivity index (χ0v) is 19.1. The summed E-state index contributed by atoms with van der Waals surface area (Å²) in [6.45, 7) is 4.11. The van der Waals surface area contributed by atoms with Crippen LogP contribution in [0.4, 0.5) is 13.2 Å². The number of likely N-dealkylation sites (tertiary alicyclic amines) is 1. The molecule has 0 spiro atoms. The molecule has 1 aliphatic carbocycles. The van der Waals surface area contributed by atoms with Crippen molar-refractivity contribution >= 4 is 17.5 Å². The fourth-order valence-electron chi connectivity index (χ4n) is 5.41. The van der Waals surface area contributed by atoms with E-state index in [9.17, 15) is 27.6 Å². The third kappa shape index (κ3) is 4.74. The van der Waals surface area contributed by atoms with Crippen molar-refractivity contribution in [3.63, 3.8) is 0 Å². The fourth-order valence-corrected chi connectivity index (χ4v) is 5.41. The van der Waals surface area contributed by atoms with Crippen LogP contribution in [-0.4, -0.2) is 51.9 Å². The molecule has 0 bridgehead atoms. The molecule has 34 heavy (non-hydrogen) atoms. The van der Waals surface area contributed by atoms with Crippen LogP contribution >= 0.6 is 0 Å². The van der Waals surface area contributed by atoms with Gasteiger partial charge in [0.25, 0.3) is 5.91 Å². The number of carbonyl (C=O) groups excluding carboxylic acids is 3. The van der Waals surface area contributed by atoms with Crippen LogP contribution in [-0.2, 0) is 14.4 Å². The Balaban J connectivity index is 1.48. The molecule has 2 aliphatic rings. The molecule has 4 rings (SSSR count). The number of amides is 1. The van der Waals surface area contributed by atoms with Gasteiger partial charge in [0.2, 0.25) is 0 Å². The molecule has 1 saturated carbocycles. The van der Waals surface area contributed by atoms with Gasteiger partial charge in [-0.25, -0.2) is 14.4 Å². The van der Waals surface area contributed by atoms with Gasteiger partial charge in [-0.1, -0.05) is 0 Å². The molecule has 9 heteroatoms. The lowest BCUT2D eigenvalue weighted by molar-refractivity contribution is -0.145. The Bertz CT molecular complexity index is 1070. The monoisotopic (exact) mass is 473 g/mol. The predicted octanol–water partition coefficient (Wildman–Crippen LogP) is 4.04. The van der Waals surface area contributed by atoms with Crippen LogP contribution in [0.5, 0.6) is 0 Å². The number of Topliss-reactive ketones (excluding diaryl/α,β-unsaturated/α-hetero) is 2. The van der Waals surface area contributed by atoms with Crippen LogP contribution < -0.4 is 0 Å². The SMILES string of the molecule is Cc1cc(-c2ncc(F)cn2)cc(C)c1C1C(=O)CC(C2CCN(C(=O)C(F)F)CC2)CC1=O. The Morgan fingerprint density at radius 3 is 2.00 bits per heavy atom. The Hall–Kier alpha value is -3.10. The van der Waals surface area contributed by atoms with Gasteiger partial charge in [0.15, 0.2) is 11.6 Å². The normalized spacial score (nSPS) is 21.9. The van der Waals surface area contributed by atoms with Gasteiger partial charge in [0, 0.05) is 31.5 Å². The minimum Gasteiger partial charge on any atom is -0.338 e. The summed E-state index contributed by atoms with van der Waals surface area (Å²) in [5, 5.41) is 0. The first-order valence-corrected chi connectivity index (χ1v) is 11.4. The number of ketones is 2. The highest BCUT2D eigenvalue weighted by atomic mass is 19.3. The first kappa shape index (κ1) is 24.0. The van der Waals surface area contributed by atoms with Crippen molar-refractivity contribution in [3.05, 3.63) is 47.0 Å². The van der Waals surface area contributed by atoms with Crippen LogP contribution in [0.25, 0.3) is 11.4 Å². The summed E-state index contributed by atoms with van der Waals surface area (Å²) < 4.78 is 38.5. The number of carbonyl (C=O) groups is 3. The summed E-state index contributed by atoms with van der Waals surface area (Å²) in [6, 6.07) is 3.61. The van der Waals surface area contributed by atoms with Crippen LogP contribution in [0.3, 0.4) is 0 Å². The number of aryl methyl sites for hydroxylation is 2. The molecule has 2 heterocycles. The predicted molar refractivity (Wildman–Crippen MR) is 118 cm³/mol. The molecular weight excluding hydrogens is 447 g/mol. The lowest BCUT2D eigenvalue weighted by Crippen LogP contribution is -2.44. The second-order valence-electron chi connectivity index (χ2n) is 9.25. The number of halogens is 3. The maximum Gasteiger partial charge on any atom is 0.315 e. The maximum absolute atomic E-state index is 13.2. The van der Waals surface area contributed by atoms with Crippen LogP contribution in [0.1, 0.15) is 48.3 Å². The molecule has 1 saturated heterocycles. The molecule has 180 valence electrons.